The van der Waals surface area contributed by atoms with Crippen LogP contribution in [0.1, 0.15) is 19.8 Å². The van der Waals surface area contributed by atoms with E-state index >= 15 is 0 Å². The molecule has 0 bridgehead atoms. The minimum absolute atomic E-state index is 0.109. The van der Waals surface area contributed by atoms with Crippen molar-refractivity contribution in [2.45, 2.75) is 31.9 Å². The van der Waals surface area contributed by atoms with E-state index in [4.69, 9.17) is 4.74 Å². The van der Waals surface area contributed by atoms with Crippen LogP contribution < -0.4 is 5.32 Å². The van der Waals surface area contributed by atoms with Gasteiger partial charge in [-0.1, -0.05) is 6.08 Å². The predicted molar refractivity (Wildman–Crippen MR) is 58.3 cm³/mol. The summed E-state index contributed by atoms with van der Waals surface area (Å²) in [4.78, 5) is 0. The van der Waals surface area contributed by atoms with Gasteiger partial charge in [-0.15, -0.1) is 0 Å². The van der Waals surface area contributed by atoms with Gasteiger partial charge in [0.2, 0.25) is 0 Å². The number of halogens is 1. The molecule has 2 aliphatic rings. The average molecular weight is 211 g/mol. The van der Waals surface area contributed by atoms with E-state index in [9.17, 15) is 4.39 Å². The number of ether oxygens (including phenoxy) is 1. The molecule has 0 spiro atoms. The molecule has 1 fully saturated rings. The Bertz CT molecular complexity index is 267. The van der Waals surface area contributed by atoms with Gasteiger partial charge >= 0.3 is 0 Å². The van der Waals surface area contributed by atoms with E-state index in [1.165, 1.54) is 0 Å². The topological polar surface area (TPSA) is 21.3 Å². The highest BCUT2D eigenvalue weighted by Gasteiger charge is 2.21. The molecule has 1 heterocycles. The Balaban J connectivity index is 1.76. The van der Waals surface area contributed by atoms with Gasteiger partial charge in [0, 0.05) is 12.6 Å². The van der Waals surface area contributed by atoms with Crippen molar-refractivity contribution in [2.75, 3.05) is 13.2 Å². The van der Waals surface area contributed by atoms with Gasteiger partial charge in [-0.05, 0) is 37.8 Å². The van der Waals surface area contributed by atoms with Crippen LogP contribution in [-0.2, 0) is 4.74 Å². The van der Waals surface area contributed by atoms with E-state index in [1.54, 1.807) is 12.2 Å². The van der Waals surface area contributed by atoms with Gasteiger partial charge < -0.3 is 10.1 Å². The van der Waals surface area contributed by atoms with Crippen LogP contribution in [0.3, 0.4) is 0 Å². The number of allylic oxidation sites excluding steroid dienone is 4. The standard InChI is InChI=1S/C12H18FNO/c1-9-8-15-12(7-14-9)6-10-2-4-11(13)5-3-10/h2,4-5,9-10,12,14H,3,6-8H2,1H3. The maximum Gasteiger partial charge on any atom is 0.118 e. The van der Waals surface area contributed by atoms with Gasteiger partial charge in [-0.25, -0.2) is 4.39 Å². The molecule has 0 aromatic rings. The molecule has 3 atom stereocenters. The fraction of sp³-hybridized carbons (Fsp3) is 0.667. The zero-order valence-electron chi connectivity index (χ0n) is 9.08. The lowest BCUT2D eigenvalue weighted by Crippen LogP contribution is -2.45. The van der Waals surface area contributed by atoms with E-state index in [0.29, 0.717) is 12.0 Å². The molecule has 1 aliphatic carbocycles. The van der Waals surface area contributed by atoms with Crippen molar-refractivity contribution in [1.82, 2.24) is 5.32 Å². The average Bonchev–Trinajstić information content (AvgIpc) is 2.25. The van der Waals surface area contributed by atoms with Crippen molar-refractivity contribution < 1.29 is 9.13 Å². The Hall–Kier alpha value is -0.670. The number of rotatable bonds is 2. The maximum atomic E-state index is 12.7. The molecule has 0 radical (unpaired) electrons. The SMILES string of the molecule is CC1COC(CC2C=CC(F)=CC2)CN1. The van der Waals surface area contributed by atoms with Gasteiger partial charge in [0.05, 0.1) is 12.7 Å². The van der Waals surface area contributed by atoms with Gasteiger partial charge in [0.1, 0.15) is 5.83 Å². The summed E-state index contributed by atoms with van der Waals surface area (Å²) in [6, 6.07) is 0.459. The summed E-state index contributed by atoms with van der Waals surface area (Å²) in [5.74, 6) is 0.326. The van der Waals surface area contributed by atoms with Gasteiger partial charge in [0.25, 0.3) is 0 Å². The van der Waals surface area contributed by atoms with E-state index in [-0.39, 0.29) is 11.9 Å². The summed E-state index contributed by atoms with van der Waals surface area (Å²) >= 11 is 0. The van der Waals surface area contributed by atoms with E-state index in [2.05, 4.69) is 12.2 Å². The fourth-order valence-corrected chi connectivity index (χ4v) is 2.03. The van der Waals surface area contributed by atoms with Gasteiger partial charge in [-0.2, -0.15) is 0 Å². The van der Waals surface area contributed by atoms with E-state index < -0.39 is 0 Å². The zero-order valence-corrected chi connectivity index (χ0v) is 9.08. The number of hydrogen-bond donors (Lipinski definition) is 1. The summed E-state index contributed by atoms with van der Waals surface area (Å²) in [7, 11) is 0. The van der Waals surface area contributed by atoms with Crippen molar-refractivity contribution in [3.8, 4) is 0 Å². The number of nitrogens with one attached hydrogen (secondary N) is 1. The van der Waals surface area contributed by atoms with Crippen LogP contribution in [0.15, 0.2) is 24.1 Å². The molecular formula is C12H18FNO. The summed E-state index contributed by atoms with van der Waals surface area (Å²) in [5.41, 5.74) is 0. The largest absolute Gasteiger partial charge is 0.375 e. The van der Waals surface area contributed by atoms with Crippen molar-refractivity contribution in [3.05, 3.63) is 24.1 Å². The summed E-state index contributed by atoms with van der Waals surface area (Å²) < 4.78 is 18.4. The lowest BCUT2D eigenvalue weighted by atomic mass is 9.93. The van der Waals surface area contributed by atoms with Crippen LogP contribution in [-0.4, -0.2) is 25.3 Å². The molecule has 2 nitrogen and oxygen atoms in total. The molecule has 2 rings (SSSR count). The molecule has 15 heavy (non-hydrogen) atoms. The summed E-state index contributed by atoms with van der Waals surface area (Å²) in [6.07, 6.45) is 7.25. The van der Waals surface area contributed by atoms with Crippen LogP contribution in [0.2, 0.25) is 0 Å². The Morgan fingerprint density at radius 3 is 3.07 bits per heavy atom. The molecular weight excluding hydrogens is 193 g/mol. The third-order valence-corrected chi connectivity index (χ3v) is 2.98. The molecule has 3 heteroatoms. The molecule has 0 saturated carbocycles. The molecule has 84 valence electrons. The molecule has 3 unspecified atom stereocenters. The third-order valence-electron chi connectivity index (χ3n) is 2.98. The quantitative estimate of drug-likeness (QED) is 0.756. The monoisotopic (exact) mass is 211 g/mol. The predicted octanol–water partition coefficient (Wildman–Crippen LogP) is 2.18. The second kappa shape index (κ2) is 4.90. The van der Waals surface area contributed by atoms with Crippen LogP contribution in [0, 0.1) is 5.92 Å². The van der Waals surface area contributed by atoms with Crippen LogP contribution in [0.5, 0.6) is 0 Å². The first-order valence-electron chi connectivity index (χ1n) is 5.63. The smallest absolute Gasteiger partial charge is 0.118 e. The first-order chi connectivity index (χ1) is 7.24. The van der Waals surface area contributed by atoms with Crippen molar-refractivity contribution in [2.24, 2.45) is 5.92 Å². The van der Waals surface area contributed by atoms with Gasteiger partial charge in [0.15, 0.2) is 0 Å². The first-order valence-corrected chi connectivity index (χ1v) is 5.63. The van der Waals surface area contributed by atoms with E-state index in [1.807, 2.05) is 6.08 Å². The molecule has 0 aromatic heterocycles. The molecule has 1 saturated heterocycles. The van der Waals surface area contributed by atoms with Crippen molar-refractivity contribution in [3.63, 3.8) is 0 Å². The zero-order chi connectivity index (χ0) is 10.7. The van der Waals surface area contributed by atoms with Crippen LogP contribution >= 0.6 is 0 Å². The Morgan fingerprint density at radius 1 is 1.60 bits per heavy atom. The third kappa shape index (κ3) is 3.14. The Labute approximate surface area is 90.2 Å². The Morgan fingerprint density at radius 2 is 2.47 bits per heavy atom. The van der Waals surface area contributed by atoms with Crippen molar-refractivity contribution >= 4 is 0 Å². The number of hydrogen-bond acceptors (Lipinski definition) is 2. The molecule has 1 aliphatic heterocycles. The van der Waals surface area contributed by atoms with E-state index in [0.717, 1.165) is 26.0 Å². The Kier molecular flexibility index (Phi) is 3.54. The second-order valence-electron chi connectivity index (χ2n) is 4.44. The van der Waals surface area contributed by atoms with Crippen LogP contribution in [0.25, 0.3) is 0 Å². The first kappa shape index (κ1) is 10.8. The van der Waals surface area contributed by atoms with Crippen molar-refractivity contribution in [1.29, 1.82) is 0 Å². The minimum Gasteiger partial charge on any atom is -0.375 e. The molecule has 1 N–H and O–H groups in total. The number of morpholine rings is 1. The lowest BCUT2D eigenvalue weighted by Gasteiger charge is -2.30. The second-order valence-corrected chi connectivity index (χ2v) is 4.44. The highest BCUT2D eigenvalue weighted by molar-refractivity contribution is 5.17. The molecule has 0 amide bonds. The van der Waals surface area contributed by atoms with Gasteiger partial charge in [-0.3, -0.25) is 0 Å². The highest BCUT2D eigenvalue weighted by Crippen LogP contribution is 2.23. The van der Waals surface area contributed by atoms with Crippen LogP contribution in [0.4, 0.5) is 4.39 Å². The normalized spacial score (nSPS) is 36.4. The summed E-state index contributed by atoms with van der Waals surface area (Å²) in [5, 5.41) is 3.39. The lowest BCUT2D eigenvalue weighted by molar-refractivity contribution is -0.00202. The fourth-order valence-electron chi connectivity index (χ4n) is 2.03. The molecule has 0 aromatic carbocycles. The maximum absolute atomic E-state index is 12.7. The highest BCUT2D eigenvalue weighted by atomic mass is 19.1. The summed E-state index contributed by atoms with van der Waals surface area (Å²) in [6.45, 7) is 3.82. The minimum atomic E-state index is -0.109.